The molecule has 0 aliphatic heterocycles. The highest BCUT2D eigenvalue weighted by Crippen LogP contribution is 2.66. The Bertz CT molecular complexity index is 536. The van der Waals surface area contributed by atoms with Gasteiger partial charge in [0.2, 0.25) is 0 Å². The van der Waals surface area contributed by atoms with Crippen LogP contribution >= 0.6 is 0 Å². The quantitative estimate of drug-likeness (QED) is 0.648. The molecule has 8 atom stereocenters. The van der Waals surface area contributed by atoms with Gasteiger partial charge in [-0.1, -0.05) is 32.9 Å². The van der Waals surface area contributed by atoms with Gasteiger partial charge in [-0.2, -0.15) is 0 Å². The molecule has 0 unspecified atom stereocenters. The smallest absolute Gasteiger partial charge is 0.0944 e. The molecule has 2 nitrogen and oxygen atoms in total. The molecular formula is C20H30O2. The van der Waals surface area contributed by atoms with Crippen molar-refractivity contribution in [3.8, 4) is 0 Å². The third kappa shape index (κ3) is 1.76. The number of aliphatic hydroxyl groups is 2. The van der Waals surface area contributed by atoms with E-state index < -0.39 is 0 Å². The molecule has 0 saturated heterocycles. The first-order chi connectivity index (χ1) is 10.4. The first kappa shape index (κ1) is 14.8. The molecule has 0 aromatic heterocycles. The Balaban J connectivity index is 1.72. The van der Waals surface area contributed by atoms with Crippen LogP contribution in [-0.2, 0) is 0 Å². The van der Waals surface area contributed by atoms with Crippen molar-refractivity contribution in [1.29, 1.82) is 0 Å². The fourth-order valence-electron chi connectivity index (χ4n) is 6.73. The molecule has 0 heterocycles. The molecule has 4 aliphatic carbocycles. The molecule has 0 bridgehead atoms. The number of aliphatic hydroxyl groups excluding tert-OH is 2. The highest BCUT2D eigenvalue weighted by Gasteiger charge is 2.59. The minimum atomic E-state index is -0.243. The zero-order valence-electron chi connectivity index (χ0n) is 14.1. The summed E-state index contributed by atoms with van der Waals surface area (Å²) < 4.78 is 0. The van der Waals surface area contributed by atoms with E-state index in [4.69, 9.17) is 0 Å². The SMILES string of the molecule is C[C@H]1C[C@@H]2C[C@@H](O)C=C[C@]2(C)[C@H]2CC[C@]3(C)C(O)=CC[C@H]3[C@H]12. The summed E-state index contributed by atoms with van der Waals surface area (Å²) in [7, 11) is 0. The molecule has 0 radical (unpaired) electrons. The van der Waals surface area contributed by atoms with E-state index in [1.807, 2.05) is 6.08 Å². The Morgan fingerprint density at radius 2 is 1.95 bits per heavy atom. The number of fused-ring (bicyclic) bond motifs is 5. The van der Waals surface area contributed by atoms with Crippen molar-refractivity contribution < 1.29 is 10.2 Å². The largest absolute Gasteiger partial charge is 0.512 e. The zero-order valence-corrected chi connectivity index (χ0v) is 14.1. The van der Waals surface area contributed by atoms with Crippen molar-refractivity contribution in [3.63, 3.8) is 0 Å². The molecular weight excluding hydrogens is 272 g/mol. The average Bonchev–Trinajstić information content (AvgIpc) is 2.77. The van der Waals surface area contributed by atoms with Crippen molar-refractivity contribution in [2.75, 3.05) is 0 Å². The molecule has 2 heteroatoms. The van der Waals surface area contributed by atoms with Gasteiger partial charge >= 0.3 is 0 Å². The second-order valence-electron chi connectivity index (χ2n) is 9.01. The highest BCUT2D eigenvalue weighted by molar-refractivity contribution is 5.23. The van der Waals surface area contributed by atoms with E-state index in [1.54, 1.807) is 0 Å². The van der Waals surface area contributed by atoms with Crippen LogP contribution in [0.1, 0.15) is 52.9 Å². The molecule has 0 amide bonds. The molecule has 0 aromatic carbocycles. The van der Waals surface area contributed by atoms with Crippen LogP contribution in [0.15, 0.2) is 24.0 Å². The number of allylic oxidation sites excluding steroid dienone is 3. The molecule has 4 aliphatic rings. The van der Waals surface area contributed by atoms with Gasteiger partial charge in [0.05, 0.1) is 11.9 Å². The summed E-state index contributed by atoms with van der Waals surface area (Å²) in [5.41, 5.74) is 0.270. The standard InChI is InChI=1S/C20H30O2/c1-12-10-13-11-14(21)6-8-19(13,2)16-7-9-20(3)15(18(12)16)4-5-17(20)22/h5-6,8,12-16,18,21-22H,4,7,9-11H2,1-3H3/t12-,13+,14-,15-,16-,18-,19-,20-/m0/s1. The van der Waals surface area contributed by atoms with Gasteiger partial charge in [0.25, 0.3) is 0 Å². The first-order valence-electron chi connectivity index (χ1n) is 9.13. The minimum Gasteiger partial charge on any atom is -0.512 e. The second kappa shape index (κ2) is 4.63. The van der Waals surface area contributed by atoms with E-state index in [-0.39, 0.29) is 16.9 Å². The van der Waals surface area contributed by atoms with Crippen LogP contribution in [-0.4, -0.2) is 16.3 Å². The van der Waals surface area contributed by atoms with Crippen molar-refractivity contribution in [2.45, 2.75) is 59.0 Å². The van der Waals surface area contributed by atoms with Crippen LogP contribution in [0.2, 0.25) is 0 Å². The van der Waals surface area contributed by atoms with Crippen LogP contribution in [0.5, 0.6) is 0 Å². The van der Waals surface area contributed by atoms with Gasteiger partial charge < -0.3 is 10.2 Å². The highest BCUT2D eigenvalue weighted by atomic mass is 16.3. The van der Waals surface area contributed by atoms with Gasteiger partial charge in [-0.15, -0.1) is 0 Å². The summed E-state index contributed by atoms with van der Waals surface area (Å²) in [6.07, 6.45) is 11.8. The Morgan fingerprint density at radius 1 is 1.18 bits per heavy atom. The fourth-order valence-corrected chi connectivity index (χ4v) is 6.73. The van der Waals surface area contributed by atoms with E-state index >= 15 is 0 Å². The molecule has 0 spiro atoms. The van der Waals surface area contributed by atoms with Gasteiger partial charge in [0.1, 0.15) is 0 Å². The lowest BCUT2D eigenvalue weighted by molar-refractivity contribution is -0.104. The summed E-state index contributed by atoms with van der Waals surface area (Å²) in [5, 5.41) is 20.4. The van der Waals surface area contributed by atoms with Crippen LogP contribution in [0.4, 0.5) is 0 Å². The monoisotopic (exact) mass is 302 g/mol. The molecule has 2 saturated carbocycles. The van der Waals surface area contributed by atoms with E-state index in [9.17, 15) is 10.2 Å². The third-order valence-electron chi connectivity index (χ3n) is 8.07. The Kier molecular flexibility index (Phi) is 3.11. The van der Waals surface area contributed by atoms with Crippen molar-refractivity contribution in [1.82, 2.24) is 0 Å². The first-order valence-corrected chi connectivity index (χ1v) is 9.13. The number of hydrogen-bond acceptors (Lipinski definition) is 2. The summed E-state index contributed by atoms with van der Waals surface area (Å²) in [6.45, 7) is 7.14. The van der Waals surface area contributed by atoms with Gasteiger partial charge in [0.15, 0.2) is 0 Å². The molecule has 22 heavy (non-hydrogen) atoms. The fraction of sp³-hybridized carbons (Fsp3) is 0.800. The molecule has 0 aromatic rings. The molecule has 2 N–H and O–H groups in total. The third-order valence-corrected chi connectivity index (χ3v) is 8.07. The Labute approximate surface area is 134 Å². The van der Waals surface area contributed by atoms with Crippen LogP contribution < -0.4 is 0 Å². The van der Waals surface area contributed by atoms with Gasteiger partial charge in [0, 0.05) is 5.41 Å². The normalized spacial score (nSPS) is 56.8. The maximum absolute atomic E-state index is 10.4. The second-order valence-corrected chi connectivity index (χ2v) is 9.01. The summed E-state index contributed by atoms with van der Waals surface area (Å²) in [6, 6.07) is 0. The molecule has 4 rings (SSSR count). The summed E-state index contributed by atoms with van der Waals surface area (Å²) >= 11 is 0. The van der Waals surface area contributed by atoms with Crippen LogP contribution in [0.25, 0.3) is 0 Å². The van der Waals surface area contributed by atoms with Gasteiger partial charge in [-0.3, -0.25) is 0 Å². The van der Waals surface area contributed by atoms with Crippen LogP contribution in [0, 0.1) is 40.4 Å². The van der Waals surface area contributed by atoms with Crippen LogP contribution in [0.3, 0.4) is 0 Å². The maximum Gasteiger partial charge on any atom is 0.0944 e. The van der Waals surface area contributed by atoms with Crippen molar-refractivity contribution in [3.05, 3.63) is 24.0 Å². The molecule has 2 fully saturated rings. The predicted octanol–water partition coefficient (Wildman–Crippen LogP) is 4.46. The van der Waals surface area contributed by atoms with Gasteiger partial charge in [-0.05, 0) is 73.2 Å². The summed E-state index contributed by atoms with van der Waals surface area (Å²) in [5.74, 6) is 4.01. The maximum atomic E-state index is 10.4. The zero-order chi connectivity index (χ0) is 15.7. The van der Waals surface area contributed by atoms with E-state index in [0.717, 1.165) is 19.3 Å². The number of hydrogen-bond donors (Lipinski definition) is 2. The van der Waals surface area contributed by atoms with Crippen molar-refractivity contribution >= 4 is 0 Å². The summed E-state index contributed by atoms with van der Waals surface area (Å²) in [4.78, 5) is 0. The lowest BCUT2D eigenvalue weighted by Gasteiger charge is -2.60. The lowest BCUT2D eigenvalue weighted by atomic mass is 9.44. The van der Waals surface area contributed by atoms with Gasteiger partial charge in [-0.25, -0.2) is 0 Å². The Hall–Kier alpha value is -0.760. The lowest BCUT2D eigenvalue weighted by Crippen LogP contribution is -2.55. The van der Waals surface area contributed by atoms with E-state index in [2.05, 4.69) is 32.9 Å². The predicted molar refractivity (Wildman–Crippen MR) is 88.3 cm³/mol. The van der Waals surface area contributed by atoms with E-state index in [0.29, 0.717) is 35.3 Å². The topological polar surface area (TPSA) is 40.5 Å². The Morgan fingerprint density at radius 3 is 2.73 bits per heavy atom. The average molecular weight is 302 g/mol. The van der Waals surface area contributed by atoms with Crippen molar-refractivity contribution in [2.24, 2.45) is 40.4 Å². The number of rotatable bonds is 0. The van der Waals surface area contributed by atoms with E-state index in [1.165, 1.54) is 12.8 Å². The molecule has 122 valence electrons. The minimum absolute atomic E-state index is 0.0243.